The molecule has 0 aromatic carbocycles. The molecule has 0 aliphatic rings. The second kappa shape index (κ2) is 6.52. The molecule has 0 spiro atoms. The lowest BCUT2D eigenvalue weighted by Crippen LogP contribution is -2.16. The molecule has 2 aromatic rings. The van der Waals surface area contributed by atoms with Gasteiger partial charge >= 0.3 is 0 Å². The molecular weight excluding hydrogens is 256 g/mol. The lowest BCUT2D eigenvalue weighted by molar-refractivity contribution is 0.919. The zero-order valence-corrected chi connectivity index (χ0v) is 12.5. The molecule has 0 aliphatic carbocycles. The molecule has 0 saturated heterocycles. The Kier molecular flexibility index (Phi) is 4.74. The lowest BCUT2D eigenvalue weighted by Gasteiger charge is -2.19. The van der Waals surface area contributed by atoms with E-state index >= 15 is 0 Å². The maximum Gasteiger partial charge on any atom is 0.0798 e. The predicted molar refractivity (Wildman–Crippen MR) is 82.0 cm³/mol. The normalized spacial score (nSPS) is 10.5. The van der Waals surface area contributed by atoms with Crippen LogP contribution < -0.4 is 10.2 Å². The van der Waals surface area contributed by atoms with Gasteiger partial charge in [0.05, 0.1) is 41.5 Å². The third kappa shape index (κ3) is 3.67. The van der Waals surface area contributed by atoms with Gasteiger partial charge in [0.25, 0.3) is 0 Å². The maximum atomic E-state index is 4.29. The van der Waals surface area contributed by atoms with Crippen molar-refractivity contribution in [1.82, 2.24) is 9.97 Å². The molecule has 0 fully saturated rings. The molecule has 0 radical (unpaired) electrons. The van der Waals surface area contributed by atoms with Gasteiger partial charge in [0.2, 0.25) is 0 Å². The van der Waals surface area contributed by atoms with Crippen LogP contribution in [0.1, 0.15) is 23.9 Å². The molecule has 5 heteroatoms. The summed E-state index contributed by atoms with van der Waals surface area (Å²) in [6.07, 6.45) is 4.87. The van der Waals surface area contributed by atoms with Crippen molar-refractivity contribution in [2.45, 2.75) is 26.8 Å². The van der Waals surface area contributed by atoms with Crippen LogP contribution in [-0.2, 0) is 6.54 Å². The number of hydrogen-bond acceptors (Lipinski definition) is 5. The fraction of sp³-hybridized carbons (Fsp3) is 0.429. The SMILES string of the molecule is CCCNc1cncc(N(C)Cc2scnc2C)c1. The number of nitrogens with one attached hydrogen (secondary N) is 1. The van der Waals surface area contributed by atoms with Gasteiger partial charge in [0.15, 0.2) is 0 Å². The smallest absolute Gasteiger partial charge is 0.0798 e. The van der Waals surface area contributed by atoms with Crippen LogP contribution in [0, 0.1) is 6.92 Å². The highest BCUT2D eigenvalue weighted by molar-refractivity contribution is 7.09. The van der Waals surface area contributed by atoms with Crippen molar-refractivity contribution in [3.05, 3.63) is 34.5 Å². The Hall–Kier alpha value is -1.62. The van der Waals surface area contributed by atoms with Crippen LogP contribution in [0.25, 0.3) is 0 Å². The number of hydrogen-bond donors (Lipinski definition) is 1. The van der Waals surface area contributed by atoms with Crippen LogP contribution >= 0.6 is 11.3 Å². The second-order valence-electron chi connectivity index (χ2n) is 4.58. The minimum absolute atomic E-state index is 0.870. The molecular formula is C14H20N4S. The van der Waals surface area contributed by atoms with E-state index < -0.39 is 0 Å². The van der Waals surface area contributed by atoms with E-state index in [9.17, 15) is 0 Å². The van der Waals surface area contributed by atoms with Gasteiger partial charge in [-0.15, -0.1) is 11.3 Å². The molecule has 2 heterocycles. The molecule has 4 nitrogen and oxygen atoms in total. The average molecular weight is 276 g/mol. The van der Waals surface area contributed by atoms with Gasteiger partial charge in [-0.25, -0.2) is 4.98 Å². The topological polar surface area (TPSA) is 41.1 Å². The van der Waals surface area contributed by atoms with Crippen molar-refractivity contribution in [2.24, 2.45) is 0 Å². The van der Waals surface area contributed by atoms with Crippen molar-refractivity contribution in [2.75, 3.05) is 23.8 Å². The Balaban J connectivity index is 2.06. The van der Waals surface area contributed by atoms with Crippen LogP contribution in [0.5, 0.6) is 0 Å². The summed E-state index contributed by atoms with van der Waals surface area (Å²) in [5, 5.41) is 3.36. The van der Waals surface area contributed by atoms with Crippen molar-refractivity contribution >= 4 is 22.7 Å². The van der Waals surface area contributed by atoms with Gasteiger partial charge in [-0.2, -0.15) is 0 Å². The summed E-state index contributed by atoms with van der Waals surface area (Å²) in [5.74, 6) is 0. The van der Waals surface area contributed by atoms with E-state index in [4.69, 9.17) is 0 Å². The van der Waals surface area contributed by atoms with Gasteiger partial charge in [-0.05, 0) is 19.4 Å². The maximum absolute atomic E-state index is 4.29. The Morgan fingerprint density at radius 2 is 2.21 bits per heavy atom. The van der Waals surface area contributed by atoms with Crippen molar-refractivity contribution in [1.29, 1.82) is 0 Å². The van der Waals surface area contributed by atoms with Crippen molar-refractivity contribution in [3.63, 3.8) is 0 Å². The number of aromatic nitrogens is 2. The molecule has 0 aliphatic heterocycles. The first-order chi connectivity index (χ1) is 9.20. The van der Waals surface area contributed by atoms with Crippen molar-refractivity contribution in [3.8, 4) is 0 Å². The molecule has 19 heavy (non-hydrogen) atoms. The number of thiazole rings is 1. The van der Waals surface area contributed by atoms with E-state index in [1.165, 1.54) is 4.88 Å². The summed E-state index contributed by atoms with van der Waals surface area (Å²) in [6, 6.07) is 2.14. The van der Waals surface area contributed by atoms with Crippen LogP contribution in [0.3, 0.4) is 0 Å². The van der Waals surface area contributed by atoms with Gasteiger partial charge < -0.3 is 10.2 Å². The summed E-state index contributed by atoms with van der Waals surface area (Å²) in [6.45, 7) is 6.05. The largest absolute Gasteiger partial charge is 0.384 e. The second-order valence-corrected chi connectivity index (χ2v) is 5.51. The molecule has 0 amide bonds. The minimum atomic E-state index is 0.870. The summed E-state index contributed by atoms with van der Waals surface area (Å²) < 4.78 is 0. The summed E-state index contributed by atoms with van der Waals surface area (Å²) >= 11 is 1.70. The first kappa shape index (κ1) is 13.8. The Bertz CT molecular complexity index is 524. The lowest BCUT2D eigenvalue weighted by atomic mass is 10.3. The van der Waals surface area contributed by atoms with Gasteiger partial charge in [0, 0.05) is 18.5 Å². The molecule has 102 valence electrons. The summed E-state index contributed by atoms with van der Waals surface area (Å²) in [7, 11) is 2.08. The summed E-state index contributed by atoms with van der Waals surface area (Å²) in [4.78, 5) is 12.1. The zero-order chi connectivity index (χ0) is 13.7. The minimum Gasteiger partial charge on any atom is -0.384 e. The molecule has 0 saturated carbocycles. The number of nitrogens with zero attached hydrogens (tertiary/aromatic N) is 3. The Labute approximate surface area is 118 Å². The number of rotatable bonds is 6. The van der Waals surface area contributed by atoms with E-state index in [1.54, 1.807) is 11.3 Å². The molecule has 0 bridgehead atoms. The van der Waals surface area contributed by atoms with E-state index in [2.05, 4.69) is 47.1 Å². The van der Waals surface area contributed by atoms with E-state index in [0.717, 1.165) is 36.6 Å². The molecule has 0 atom stereocenters. The standard InChI is InChI=1S/C14H20N4S/c1-4-5-16-12-6-13(8-15-7-12)18(3)9-14-11(2)17-10-19-14/h6-8,10,16H,4-5,9H2,1-3H3. The Morgan fingerprint density at radius 3 is 2.89 bits per heavy atom. The number of aryl methyl sites for hydroxylation is 1. The molecule has 0 unspecified atom stereocenters. The first-order valence-corrected chi connectivity index (χ1v) is 7.37. The van der Waals surface area contributed by atoms with Crippen LogP contribution in [0.15, 0.2) is 24.0 Å². The zero-order valence-electron chi connectivity index (χ0n) is 11.7. The van der Waals surface area contributed by atoms with Gasteiger partial charge in [0.1, 0.15) is 0 Å². The monoisotopic (exact) mass is 276 g/mol. The van der Waals surface area contributed by atoms with Crippen LogP contribution in [0.2, 0.25) is 0 Å². The molecule has 1 N–H and O–H groups in total. The highest BCUT2D eigenvalue weighted by atomic mass is 32.1. The van der Waals surface area contributed by atoms with E-state index in [1.807, 2.05) is 17.9 Å². The fourth-order valence-electron chi connectivity index (χ4n) is 1.79. The van der Waals surface area contributed by atoms with E-state index in [-0.39, 0.29) is 0 Å². The van der Waals surface area contributed by atoms with Gasteiger partial charge in [-0.3, -0.25) is 4.98 Å². The summed E-state index contributed by atoms with van der Waals surface area (Å²) in [5.41, 5.74) is 5.21. The number of anilines is 2. The highest BCUT2D eigenvalue weighted by Gasteiger charge is 2.07. The van der Waals surface area contributed by atoms with Crippen LogP contribution in [-0.4, -0.2) is 23.6 Å². The third-order valence-corrected chi connectivity index (χ3v) is 3.89. The number of pyridine rings is 1. The molecule has 2 aromatic heterocycles. The predicted octanol–water partition coefficient (Wildman–Crippen LogP) is 3.30. The Morgan fingerprint density at radius 1 is 1.37 bits per heavy atom. The first-order valence-electron chi connectivity index (χ1n) is 6.49. The quantitative estimate of drug-likeness (QED) is 0.879. The molecule has 2 rings (SSSR count). The highest BCUT2D eigenvalue weighted by Crippen LogP contribution is 2.21. The van der Waals surface area contributed by atoms with Gasteiger partial charge in [-0.1, -0.05) is 6.92 Å². The fourth-order valence-corrected chi connectivity index (χ4v) is 2.62. The van der Waals surface area contributed by atoms with Crippen molar-refractivity contribution < 1.29 is 0 Å². The average Bonchev–Trinajstić information content (AvgIpc) is 2.82. The van der Waals surface area contributed by atoms with Crippen LogP contribution in [0.4, 0.5) is 11.4 Å². The van der Waals surface area contributed by atoms with E-state index in [0.29, 0.717) is 0 Å². The third-order valence-electron chi connectivity index (χ3n) is 2.97.